The number of carbonyl (C=O) groups is 4. The number of nitrogens with one attached hydrogen (secondary N) is 1. The van der Waals surface area contributed by atoms with Crippen molar-refractivity contribution < 1.29 is 97.9 Å². The van der Waals surface area contributed by atoms with Gasteiger partial charge in [-0.1, -0.05) is 57.5 Å². The number of carbonyl (C=O) groups excluding carboxylic acids is 4. The summed E-state index contributed by atoms with van der Waals surface area (Å²) in [6, 6.07) is 6.98. The molecule has 4 rings (SSSR count). The third kappa shape index (κ3) is 7.99. The van der Waals surface area contributed by atoms with Gasteiger partial charge >= 0.3 is 11.9 Å². The van der Waals surface area contributed by atoms with Crippen LogP contribution in [0.1, 0.15) is 85.0 Å². The molecule has 12 nitrogen and oxygen atoms in total. The number of Topliss-reactive ketones (excluding diaryl/α,β-unsaturated/α-hetero) is 1. The monoisotopic (exact) mass is 912 g/mol. The SMILES string of the molecule is CCC(=O)C1=C(C)C(OC(=O)C(O)C(C=C(C)C)NC(C)=O)CC(O)(C(OC(=O)c2ccccc2)C2[C@@H](C)C(O)CC3OC[C@]32O)C1(C)C.[Ac]. The molecule has 0 aromatic heterocycles. The summed E-state index contributed by atoms with van der Waals surface area (Å²) in [7, 11) is 0. The van der Waals surface area contributed by atoms with Crippen molar-refractivity contribution in [2.75, 3.05) is 6.61 Å². The number of benzene rings is 1. The molecule has 50 heavy (non-hydrogen) atoms. The van der Waals surface area contributed by atoms with Crippen molar-refractivity contribution in [3.05, 3.63) is 58.7 Å². The number of esters is 2. The third-order valence-corrected chi connectivity index (χ3v) is 10.7. The maximum atomic E-state index is 13.8. The molecule has 1 saturated carbocycles. The Hall–Kier alpha value is -1.98. The molecular formula is C37H51AcNO11. The zero-order valence-corrected chi connectivity index (χ0v) is 34.9. The molecule has 1 amide bonds. The normalized spacial score (nSPS) is 31.7. The largest absolute Gasteiger partial charge is 0.456 e. The van der Waals surface area contributed by atoms with Crippen molar-refractivity contribution >= 4 is 23.6 Å². The summed E-state index contributed by atoms with van der Waals surface area (Å²) in [6.45, 7) is 12.8. The van der Waals surface area contributed by atoms with E-state index in [9.17, 15) is 39.6 Å². The van der Waals surface area contributed by atoms with Gasteiger partial charge in [-0.2, -0.15) is 0 Å². The summed E-state index contributed by atoms with van der Waals surface area (Å²) in [5.41, 5.74) is -3.86. The maximum absolute atomic E-state index is 13.8. The van der Waals surface area contributed by atoms with Crippen molar-refractivity contribution in [1.29, 1.82) is 0 Å². The van der Waals surface area contributed by atoms with Crippen LogP contribution in [0.2, 0.25) is 0 Å². The second-order valence-electron chi connectivity index (χ2n) is 14.6. The van der Waals surface area contributed by atoms with Crippen molar-refractivity contribution in [1.82, 2.24) is 5.32 Å². The molecule has 5 N–H and O–H groups in total. The summed E-state index contributed by atoms with van der Waals surface area (Å²) in [4.78, 5) is 52.9. The molecule has 1 aromatic carbocycles. The Balaban J connectivity index is 0.00000676. The van der Waals surface area contributed by atoms with Crippen LogP contribution in [0.15, 0.2) is 53.1 Å². The molecule has 13 heteroatoms. The zero-order valence-electron chi connectivity index (χ0n) is 30.1. The van der Waals surface area contributed by atoms with E-state index >= 15 is 0 Å². The van der Waals surface area contributed by atoms with Crippen molar-refractivity contribution in [3.8, 4) is 0 Å². The molecule has 2 aliphatic carbocycles. The molecule has 8 unspecified atom stereocenters. The predicted octanol–water partition coefficient (Wildman–Crippen LogP) is 2.56. The van der Waals surface area contributed by atoms with Gasteiger partial charge in [-0.3, -0.25) is 9.59 Å². The number of aliphatic hydroxyl groups is 4. The molecule has 2 fully saturated rings. The average Bonchev–Trinajstić information content (AvgIpc) is 3.03. The van der Waals surface area contributed by atoms with Crippen molar-refractivity contribution in [2.24, 2.45) is 17.3 Å². The number of rotatable bonds is 11. The smallest absolute Gasteiger partial charge is 0.338 e. The summed E-state index contributed by atoms with van der Waals surface area (Å²) in [6.07, 6.45) is -5.18. The van der Waals surface area contributed by atoms with E-state index in [0.29, 0.717) is 5.57 Å². The summed E-state index contributed by atoms with van der Waals surface area (Å²) >= 11 is 0. The Bertz CT molecular complexity index is 1510. The molecule has 273 valence electrons. The molecule has 10 atom stereocenters. The molecule has 1 saturated heterocycles. The predicted molar refractivity (Wildman–Crippen MR) is 178 cm³/mol. The first kappa shape index (κ1) is 42.4. The van der Waals surface area contributed by atoms with Gasteiger partial charge in [0, 0.05) is 87.2 Å². The van der Waals surface area contributed by atoms with Crippen LogP contribution in [0.4, 0.5) is 0 Å². The number of ketones is 1. The third-order valence-electron chi connectivity index (χ3n) is 10.7. The second kappa shape index (κ2) is 16.4. The zero-order chi connectivity index (χ0) is 36.6. The first-order chi connectivity index (χ1) is 22.8. The van der Waals surface area contributed by atoms with Crippen molar-refractivity contribution in [2.45, 2.75) is 122 Å². The van der Waals surface area contributed by atoms with Crippen LogP contribution in [0.3, 0.4) is 0 Å². The maximum Gasteiger partial charge on any atom is 0.338 e. The Morgan fingerprint density at radius 1 is 1.10 bits per heavy atom. The van der Waals surface area contributed by atoms with Gasteiger partial charge < -0.3 is 40.0 Å². The summed E-state index contributed by atoms with van der Waals surface area (Å²) < 4.78 is 17.7. The van der Waals surface area contributed by atoms with Crippen LogP contribution >= 0.6 is 0 Å². The number of amides is 1. The van der Waals surface area contributed by atoms with Gasteiger partial charge in [0.2, 0.25) is 5.91 Å². The van der Waals surface area contributed by atoms with E-state index in [-0.39, 0.29) is 80.4 Å². The Morgan fingerprint density at radius 3 is 2.24 bits per heavy atom. The van der Waals surface area contributed by atoms with Gasteiger partial charge in [-0.25, -0.2) is 9.59 Å². The minimum atomic E-state index is -2.18. The van der Waals surface area contributed by atoms with Crippen molar-refractivity contribution in [3.63, 3.8) is 0 Å². The van der Waals surface area contributed by atoms with Crippen LogP contribution in [0, 0.1) is 61.3 Å². The molecule has 1 aromatic rings. The van der Waals surface area contributed by atoms with Gasteiger partial charge in [0.1, 0.15) is 23.4 Å². The van der Waals surface area contributed by atoms with Gasteiger partial charge in [-0.15, -0.1) is 0 Å². The number of hydrogen-bond acceptors (Lipinski definition) is 11. The van der Waals surface area contributed by atoms with E-state index < -0.39 is 89.3 Å². The van der Waals surface area contributed by atoms with Gasteiger partial charge in [0.25, 0.3) is 0 Å². The topological polar surface area (TPSA) is 189 Å². The first-order valence-corrected chi connectivity index (χ1v) is 16.9. The molecule has 1 aliphatic heterocycles. The molecule has 0 spiro atoms. The fraction of sp³-hybridized carbons (Fsp3) is 0.622. The number of ether oxygens (including phenoxy) is 3. The van der Waals surface area contributed by atoms with E-state index in [1.807, 2.05) is 0 Å². The quantitative estimate of drug-likeness (QED) is 0.162. The van der Waals surface area contributed by atoms with Gasteiger partial charge in [0.15, 0.2) is 11.9 Å². The van der Waals surface area contributed by atoms with E-state index in [4.69, 9.17) is 14.2 Å². The van der Waals surface area contributed by atoms with E-state index in [1.165, 1.54) is 13.0 Å². The van der Waals surface area contributed by atoms with E-state index in [1.54, 1.807) is 78.8 Å². The molecule has 3 aliphatic rings. The Labute approximate surface area is 329 Å². The number of allylic oxidation sites excluding steroid dienone is 1. The van der Waals surface area contributed by atoms with Crippen LogP contribution in [-0.2, 0) is 28.6 Å². The fourth-order valence-corrected chi connectivity index (χ4v) is 7.92. The number of hydrogen-bond donors (Lipinski definition) is 5. The molecule has 0 bridgehead atoms. The van der Waals surface area contributed by atoms with E-state index in [2.05, 4.69) is 5.32 Å². The number of fused-ring (bicyclic) bond motifs is 1. The second-order valence-corrected chi connectivity index (χ2v) is 14.6. The summed E-state index contributed by atoms with van der Waals surface area (Å²) in [5, 5.41) is 49.9. The molecular weight excluding hydrogens is 861 g/mol. The van der Waals surface area contributed by atoms with Crippen LogP contribution < -0.4 is 5.32 Å². The van der Waals surface area contributed by atoms with E-state index in [0.717, 1.165) is 5.57 Å². The van der Waals surface area contributed by atoms with Crippen LogP contribution in [0.5, 0.6) is 0 Å². The molecule has 1 heterocycles. The van der Waals surface area contributed by atoms with Crippen LogP contribution in [-0.4, -0.2) is 98.4 Å². The van der Waals surface area contributed by atoms with Gasteiger partial charge in [-0.05, 0) is 44.4 Å². The Kier molecular flexibility index (Phi) is 13.9. The standard InChI is InChI=1S/C37H51NO11.Ac/c1-9-25(40)29-21(5)27(48-34(44)31(42)24(15-19(2)3)38-22(6)39)17-37(46,35(29,7)8)32(49-33(43)23-13-11-10-12-14-23)30-20(4)26(41)16-28-36(30,45)18-47-28;/h10-15,20,24,26-28,30-32,41-42,45-46H,9,16-18H2,1-8H3,(H,38,39);/t20-,24?,26?,27?,28?,30?,31?,32?,36-,37?;/m0./s1. The summed E-state index contributed by atoms with van der Waals surface area (Å²) in [5.74, 6) is -4.54. The fourth-order valence-electron chi connectivity index (χ4n) is 7.92. The minimum Gasteiger partial charge on any atom is -0.456 e. The minimum absolute atomic E-state index is 0. The molecule has 1 radical (unpaired) electrons. The Morgan fingerprint density at radius 2 is 1.72 bits per heavy atom. The van der Waals surface area contributed by atoms with Gasteiger partial charge in [0.05, 0.1) is 30.4 Å². The average molecular weight is 913 g/mol. The number of aliphatic hydroxyl groups excluding tert-OH is 2. The first-order valence-electron chi connectivity index (χ1n) is 16.9. The van der Waals surface area contributed by atoms with Crippen LogP contribution in [0.25, 0.3) is 0 Å².